The molecule has 3 aromatic rings. The molecule has 3 heteroatoms. The standard InChI is InChI=1S/C22H21NO2/c24-22-23(16-17-10-4-1-5-11-17)20(18-12-6-2-7-13-18)21(25-22)19-14-8-3-9-15-19/h1,3-6,8-12,14-15,18H,2,7,13,16H2. The van der Waals surface area contributed by atoms with Gasteiger partial charge in [-0.05, 0) is 24.8 Å². The van der Waals surface area contributed by atoms with E-state index in [0.29, 0.717) is 12.3 Å². The summed E-state index contributed by atoms with van der Waals surface area (Å²) in [7, 11) is 0. The van der Waals surface area contributed by atoms with E-state index in [1.54, 1.807) is 4.57 Å². The van der Waals surface area contributed by atoms with Crippen LogP contribution in [-0.2, 0) is 6.54 Å². The van der Waals surface area contributed by atoms with Crippen molar-refractivity contribution in [3.63, 3.8) is 0 Å². The summed E-state index contributed by atoms with van der Waals surface area (Å²) in [6.45, 7) is 0.537. The van der Waals surface area contributed by atoms with Gasteiger partial charge in [-0.2, -0.15) is 0 Å². The first-order chi connectivity index (χ1) is 12.3. The molecule has 0 aliphatic heterocycles. The Kier molecular flexibility index (Phi) is 4.38. The Balaban J connectivity index is 1.85. The first kappa shape index (κ1) is 15.7. The quantitative estimate of drug-likeness (QED) is 0.632. The van der Waals surface area contributed by atoms with Crippen molar-refractivity contribution >= 4 is 0 Å². The number of benzene rings is 2. The third-order valence-electron chi connectivity index (χ3n) is 4.76. The van der Waals surface area contributed by atoms with Gasteiger partial charge in [0.05, 0.1) is 12.2 Å². The number of oxazole rings is 1. The van der Waals surface area contributed by atoms with Gasteiger partial charge in [-0.25, -0.2) is 4.79 Å². The number of hydrogen-bond acceptors (Lipinski definition) is 2. The molecule has 25 heavy (non-hydrogen) atoms. The number of allylic oxidation sites excluding steroid dienone is 2. The molecule has 0 fully saturated rings. The molecule has 0 saturated heterocycles. The van der Waals surface area contributed by atoms with Crippen LogP contribution in [0.3, 0.4) is 0 Å². The number of nitrogens with zero attached hydrogens (tertiary/aromatic N) is 1. The summed E-state index contributed by atoms with van der Waals surface area (Å²) in [5.41, 5.74) is 3.06. The van der Waals surface area contributed by atoms with Crippen molar-refractivity contribution < 1.29 is 4.42 Å². The fourth-order valence-electron chi connectivity index (χ4n) is 3.54. The number of aromatic nitrogens is 1. The van der Waals surface area contributed by atoms with E-state index in [2.05, 4.69) is 12.2 Å². The maximum Gasteiger partial charge on any atom is 0.420 e. The minimum Gasteiger partial charge on any atom is -0.407 e. The number of rotatable bonds is 4. The summed E-state index contributed by atoms with van der Waals surface area (Å²) < 4.78 is 7.53. The van der Waals surface area contributed by atoms with Gasteiger partial charge in [0.2, 0.25) is 0 Å². The van der Waals surface area contributed by atoms with Crippen LogP contribution < -0.4 is 5.76 Å². The molecule has 3 nitrogen and oxygen atoms in total. The van der Waals surface area contributed by atoms with E-state index >= 15 is 0 Å². The Morgan fingerprint density at radius 3 is 2.40 bits per heavy atom. The van der Waals surface area contributed by atoms with Crippen LogP contribution >= 0.6 is 0 Å². The van der Waals surface area contributed by atoms with E-state index in [0.717, 1.165) is 36.1 Å². The molecular weight excluding hydrogens is 310 g/mol. The van der Waals surface area contributed by atoms with Crippen LogP contribution in [0.1, 0.15) is 36.4 Å². The lowest BCUT2D eigenvalue weighted by Gasteiger charge is -2.19. The summed E-state index contributed by atoms with van der Waals surface area (Å²) in [6, 6.07) is 20.0. The minimum atomic E-state index is -0.281. The first-order valence-electron chi connectivity index (χ1n) is 8.82. The summed E-state index contributed by atoms with van der Waals surface area (Å²) in [6.07, 6.45) is 7.73. The van der Waals surface area contributed by atoms with Crippen molar-refractivity contribution in [1.82, 2.24) is 4.57 Å². The van der Waals surface area contributed by atoms with Gasteiger partial charge in [-0.1, -0.05) is 72.8 Å². The van der Waals surface area contributed by atoms with Crippen molar-refractivity contribution in [2.75, 3.05) is 0 Å². The van der Waals surface area contributed by atoms with Gasteiger partial charge in [0, 0.05) is 11.5 Å². The highest BCUT2D eigenvalue weighted by atomic mass is 16.4. The molecule has 0 N–H and O–H groups in total. The van der Waals surface area contributed by atoms with Crippen molar-refractivity contribution in [1.29, 1.82) is 0 Å². The summed E-state index contributed by atoms with van der Waals surface area (Å²) in [5, 5.41) is 0. The van der Waals surface area contributed by atoms with Crippen molar-refractivity contribution in [2.24, 2.45) is 0 Å². The Labute approximate surface area is 147 Å². The predicted octanol–water partition coefficient (Wildman–Crippen LogP) is 4.98. The molecule has 1 aromatic heterocycles. The van der Waals surface area contributed by atoms with Crippen molar-refractivity contribution in [2.45, 2.75) is 31.7 Å². The van der Waals surface area contributed by atoms with Gasteiger partial charge in [0.15, 0.2) is 5.76 Å². The van der Waals surface area contributed by atoms with E-state index in [-0.39, 0.29) is 11.7 Å². The van der Waals surface area contributed by atoms with Crippen molar-refractivity contribution in [3.8, 4) is 11.3 Å². The third-order valence-corrected chi connectivity index (χ3v) is 4.76. The van der Waals surface area contributed by atoms with Crippen LogP contribution in [0.5, 0.6) is 0 Å². The van der Waals surface area contributed by atoms with Gasteiger partial charge in [0.25, 0.3) is 0 Å². The zero-order chi connectivity index (χ0) is 17.1. The van der Waals surface area contributed by atoms with Gasteiger partial charge in [-0.15, -0.1) is 0 Å². The molecule has 1 aliphatic rings. The monoisotopic (exact) mass is 331 g/mol. The predicted molar refractivity (Wildman–Crippen MR) is 99.7 cm³/mol. The molecule has 1 aliphatic carbocycles. The maximum absolute atomic E-state index is 12.7. The van der Waals surface area contributed by atoms with Gasteiger partial charge in [-0.3, -0.25) is 4.57 Å². The lowest BCUT2D eigenvalue weighted by molar-refractivity contribution is 0.496. The van der Waals surface area contributed by atoms with Gasteiger partial charge in [0.1, 0.15) is 0 Å². The highest BCUT2D eigenvalue weighted by Crippen LogP contribution is 2.35. The maximum atomic E-state index is 12.7. The number of hydrogen-bond donors (Lipinski definition) is 0. The second-order valence-electron chi connectivity index (χ2n) is 6.49. The SMILES string of the molecule is O=c1oc(-c2ccccc2)c(C2C=CCCC2)n1Cc1ccccc1. The fourth-order valence-corrected chi connectivity index (χ4v) is 3.54. The van der Waals surface area contributed by atoms with Crippen LogP contribution in [-0.4, -0.2) is 4.57 Å². The van der Waals surface area contributed by atoms with Crippen LogP contribution in [0.25, 0.3) is 11.3 Å². The Morgan fingerprint density at radius 2 is 1.72 bits per heavy atom. The molecule has 2 aromatic carbocycles. The topological polar surface area (TPSA) is 35.1 Å². The van der Waals surface area contributed by atoms with E-state index < -0.39 is 0 Å². The third kappa shape index (κ3) is 3.22. The lowest BCUT2D eigenvalue weighted by atomic mass is 9.90. The molecule has 126 valence electrons. The average Bonchev–Trinajstić information content (AvgIpc) is 3.00. The second-order valence-corrected chi connectivity index (χ2v) is 6.49. The molecule has 4 rings (SSSR count). The van der Waals surface area contributed by atoms with Crippen molar-refractivity contribution in [3.05, 3.63) is 94.6 Å². The highest BCUT2D eigenvalue weighted by Gasteiger charge is 2.25. The highest BCUT2D eigenvalue weighted by molar-refractivity contribution is 5.61. The lowest BCUT2D eigenvalue weighted by Crippen LogP contribution is -2.19. The van der Waals surface area contributed by atoms with Crippen LogP contribution in [0.4, 0.5) is 0 Å². The summed E-state index contributed by atoms with van der Waals surface area (Å²) in [4.78, 5) is 12.7. The molecule has 0 saturated carbocycles. The smallest absolute Gasteiger partial charge is 0.407 e. The van der Waals surface area contributed by atoms with E-state index in [1.165, 1.54) is 0 Å². The first-order valence-corrected chi connectivity index (χ1v) is 8.82. The zero-order valence-corrected chi connectivity index (χ0v) is 14.1. The van der Waals surface area contributed by atoms with E-state index in [9.17, 15) is 4.79 Å². The molecule has 0 amide bonds. The molecule has 0 bridgehead atoms. The normalized spacial score (nSPS) is 16.9. The van der Waals surface area contributed by atoms with Gasteiger partial charge < -0.3 is 4.42 Å². The Morgan fingerprint density at radius 1 is 1.00 bits per heavy atom. The second kappa shape index (κ2) is 6.98. The summed E-state index contributed by atoms with van der Waals surface area (Å²) >= 11 is 0. The largest absolute Gasteiger partial charge is 0.420 e. The van der Waals surface area contributed by atoms with E-state index in [1.807, 2.05) is 60.7 Å². The average molecular weight is 331 g/mol. The molecule has 1 unspecified atom stereocenters. The zero-order valence-electron chi connectivity index (χ0n) is 14.1. The van der Waals surface area contributed by atoms with Crippen LogP contribution in [0, 0.1) is 0 Å². The van der Waals surface area contributed by atoms with Crippen LogP contribution in [0.15, 0.2) is 82.0 Å². The Bertz CT molecular complexity index is 920. The fraction of sp³-hybridized carbons (Fsp3) is 0.227. The van der Waals surface area contributed by atoms with Crippen LogP contribution in [0.2, 0.25) is 0 Å². The van der Waals surface area contributed by atoms with E-state index in [4.69, 9.17) is 4.42 Å². The minimum absolute atomic E-state index is 0.221. The molecule has 1 heterocycles. The molecule has 1 atom stereocenters. The molecule has 0 radical (unpaired) electrons. The summed E-state index contributed by atoms with van der Waals surface area (Å²) in [5.74, 6) is 0.647. The Hall–Kier alpha value is -2.81. The van der Waals surface area contributed by atoms with Gasteiger partial charge >= 0.3 is 5.76 Å². The molecule has 0 spiro atoms. The molecular formula is C22H21NO2.